The molecule has 0 aromatic heterocycles. The number of fused-ring (bicyclic) bond motifs is 1. The van der Waals surface area contributed by atoms with Crippen LogP contribution in [0.4, 0.5) is 0 Å². The number of benzene rings is 2. The average Bonchev–Trinajstić information content (AvgIpc) is 3.23. The summed E-state index contributed by atoms with van der Waals surface area (Å²) in [6, 6.07) is 13.5. The van der Waals surface area contributed by atoms with Gasteiger partial charge in [-0.15, -0.1) is 5.10 Å². The Balaban J connectivity index is 1.56. The Kier molecular flexibility index (Phi) is 5.95. The fourth-order valence-electron chi connectivity index (χ4n) is 2.77. The van der Waals surface area contributed by atoms with Gasteiger partial charge in [0.15, 0.2) is 5.84 Å². The van der Waals surface area contributed by atoms with Gasteiger partial charge in [0.2, 0.25) is 19.4 Å². The fraction of sp³-hybridized carbons (Fsp3) is 0.100. The van der Waals surface area contributed by atoms with Crippen LogP contribution in [0.2, 0.25) is 0 Å². The first-order chi connectivity index (χ1) is 15.6. The summed E-state index contributed by atoms with van der Waals surface area (Å²) in [5, 5.41) is 13.2. The lowest BCUT2D eigenvalue weighted by Crippen LogP contribution is -2.35. The van der Waals surface area contributed by atoms with Gasteiger partial charge in [0.25, 0.3) is 5.91 Å². The second-order valence-electron chi connectivity index (χ2n) is 6.71. The van der Waals surface area contributed by atoms with Gasteiger partial charge in [-0.05, 0) is 47.7 Å². The van der Waals surface area contributed by atoms with Crippen molar-refractivity contribution in [3.8, 4) is 5.75 Å². The molecule has 2 aliphatic heterocycles. The zero-order valence-electron chi connectivity index (χ0n) is 17.0. The molecule has 2 aromatic carbocycles. The predicted molar refractivity (Wildman–Crippen MR) is 125 cm³/mol. The van der Waals surface area contributed by atoms with Crippen LogP contribution in [0.25, 0.3) is 6.08 Å². The first-order valence-electron chi connectivity index (χ1n) is 9.43. The molecule has 0 atom stereocenters. The zero-order valence-corrected chi connectivity index (χ0v) is 19.4. The molecular weight excluding hydrogens is 488 g/mol. The summed E-state index contributed by atoms with van der Waals surface area (Å²) in [6.07, 6.45) is 1.38. The van der Waals surface area contributed by atoms with Gasteiger partial charge in [0.1, 0.15) is 10.6 Å². The number of aliphatic imine (C=N–C) groups is 1. The molecule has 4 rings (SSSR count). The summed E-state index contributed by atoms with van der Waals surface area (Å²) in [4.78, 5) is 16.3. The van der Waals surface area contributed by atoms with Crippen molar-refractivity contribution < 1.29 is 25.8 Å². The number of hydrogen-bond acceptors (Lipinski definition) is 9. The van der Waals surface area contributed by atoms with Crippen LogP contribution in [0.5, 0.6) is 5.75 Å². The number of sulfone groups is 1. The van der Waals surface area contributed by atoms with E-state index in [0.717, 1.165) is 16.8 Å². The quantitative estimate of drug-likeness (QED) is 0.483. The van der Waals surface area contributed by atoms with Crippen LogP contribution >= 0.6 is 11.8 Å². The molecule has 0 fully saturated rings. The SMILES string of the molecule is CCS(=O)(=O)C1=NN2C(=N)/C(=C/c3ccc(OS(=O)(=O)c4ccccc4)cc3)C(=O)N=C2S1. The fourth-order valence-corrected chi connectivity index (χ4v) is 5.89. The number of hydrogen-bond donors (Lipinski definition) is 1. The first kappa shape index (κ1) is 22.9. The molecule has 10 nitrogen and oxygen atoms in total. The third-order valence-electron chi connectivity index (χ3n) is 4.51. The van der Waals surface area contributed by atoms with Crippen LogP contribution in [-0.4, -0.2) is 48.9 Å². The second kappa shape index (κ2) is 8.57. The molecule has 2 aromatic rings. The third-order valence-corrected chi connectivity index (χ3v) is 8.86. The van der Waals surface area contributed by atoms with Crippen molar-refractivity contribution in [2.24, 2.45) is 10.1 Å². The van der Waals surface area contributed by atoms with Crippen molar-refractivity contribution in [1.82, 2.24) is 5.01 Å². The van der Waals surface area contributed by atoms with Crippen molar-refractivity contribution in [3.63, 3.8) is 0 Å². The highest BCUT2D eigenvalue weighted by Crippen LogP contribution is 2.30. The van der Waals surface area contributed by atoms with Crippen molar-refractivity contribution in [2.75, 3.05) is 5.75 Å². The maximum absolute atomic E-state index is 12.4. The maximum atomic E-state index is 12.4. The summed E-state index contributed by atoms with van der Waals surface area (Å²) in [5.74, 6) is -1.12. The molecule has 13 heteroatoms. The van der Waals surface area contributed by atoms with Crippen LogP contribution in [0.3, 0.4) is 0 Å². The summed E-state index contributed by atoms with van der Waals surface area (Å²) in [6.45, 7) is 1.47. The second-order valence-corrected chi connectivity index (χ2v) is 11.7. The lowest BCUT2D eigenvalue weighted by atomic mass is 10.1. The van der Waals surface area contributed by atoms with Crippen LogP contribution in [0, 0.1) is 5.41 Å². The molecule has 0 saturated carbocycles. The van der Waals surface area contributed by atoms with Crippen LogP contribution in [-0.2, 0) is 24.7 Å². The van der Waals surface area contributed by atoms with Gasteiger partial charge in [-0.1, -0.05) is 37.3 Å². The van der Waals surface area contributed by atoms with Gasteiger partial charge < -0.3 is 4.18 Å². The zero-order chi connectivity index (χ0) is 23.8. The molecule has 0 aliphatic carbocycles. The maximum Gasteiger partial charge on any atom is 0.339 e. The van der Waals surface area contributed by atoms with E-state index < -0.39 is 25.9 Å². The molecule has 2 heterocycles. The summed E-state index contributed by atoms with van der Waals surface area (Å²) >= 11 is 0.723. The molecule has 0 radical (unpaired) electrons. The molecule has 0 bridgehead atoms. The van der Waals surface area contributed by atoms with Gasteiger partial charge in [0.05, 0.1) is 11.3 Å². The largest absolute Gasteiger partial charge is 0.379 e. The van der Waals surface area contributed by atoms with E-state index in [1.54, 1.807) is 18.2 Å². The minimum absolute atomic E-state index is 0.00374. The monoisotopic (exact) mass is 504 g/mol. The van der Waals surface area contributed by atoms with E-state index in [0.29, 0.717) is 5.56 Å². The van der Waals surface area contributed by atoms with Crippen molar-refractivity contribution in [1.29, 1.82) is 5.41 Å². The van der Waals surface area contributed by atoms with Crippen LogP contribution < -0.4 is 4.18 Å². The van der Waals surface area contributed by atoms with E-state index in [2.05, 4.69) is 10.1 Å². The minimum atomic E-state index is -3.99. The number of nitrogens with zero attached hydrogens (tertiary/aromatic N) is 3. The lowest BCUT2D eigenvalue weighted by molar-refractivity contribution is -0.114. The van der Waals surface area contributed by atoms with Crippen LogP contribution in [0.15, 0.2) is 75.2 Å². The lowest BCUT2D eigenvalue weighted by Gasteiger charge is -2.20. The molecule has 1 N–H and O–H groups in total. The molecule has 0 unspecified atom stereocenters. The predicted octanol–water partition coefficient (Wildman–Crippen LogP) is 2.47. The first-order valence-corrected chi connectivity index (χ1v) is 13.3. The van der Waals surface area contributed by atoms with Gasteiger partial charge in [-0.2, -0.15) is 18.4 Å². The van der Waals surface area contributed by atoms with E-state index in [9.17, 15) is 21.6 Å². The summed E-state index contributed by atoms with van der Waals surface area (Å²) in [5.41, 5.74) is 0.382. The molecule has 2 aliphatic rings. The van der Waals surface area contributed by atoms with Gasteiger partial charge >= 0.3 is 10.1 Å². The Morgan fingerprint density at radius 3 is 2.36 bits per heavy atom. The number of amidine groups is 2. The molecular formula is C20H16N4O6S3. The number of carbonyl (C=O) groups is 1. The molecule has 0 spiro atoms. The number of hydrazone groups is 1. The Bertz CT molecular complexity index is 1440. The highest BCUT2D eigenvalue weighted by Gasteiger charge is 2.39. The molecule has 1 amide bonds. The Labute approximate surface area is 194 Å². The Hall–Kier alpha value is -3.29. The van der Waals surface area contributed by atoms with Crippen molar-refractivity contribution in [3.05, 3.63) is 65.7 Å². The Morgan fingerprint density at radius 1 is 1.06 bits per heavy atom. The number of nitrogens with one attached hydrogen (secondary N) is 1. The standard InChI is InChI=1S/C20H16N4O6S3/c1-2-32(26,27)20-23-24-17(21)16(18(25)22-19(24)31-20)12-13-8-10-14(11-9-13)30-33(28,29)15-6-4-3-5-7-15/h3-12,21H,2H2,1H3/b16-12-,21-17?. The van der Waals surface area contributed by atoms with Crippen molar-refractivity contribution in [2.45, 2.75) is 11.8 Å². The highest BCUT2D eigenvalue weighted by atomic mass is 32.3. The third kappa shape index (κ3) is 4.60. The van der Waals surface area contributed by atoms with E-state index in [1.165, 1.54) is 49.4 Å². The van der Waals surface area contributed by atoms with Crippen molar-refractivity contribution >= 4 is 59.1 Å². The summed E-state index contributed by atoms with van der Waals surface area (Å²) in [7, 11) is -7.61. The normalized spacial score (nSPS) is 17.6. The Morgan fingerprint density at radius 2 is 1.73 bits per heavy atom. The van der Waals surface area contributed by atoms with Gasteiger partial charge in [-0.25, -0.2) is 8.42 Å². The van der Waals surface area contributed by atoms with Crippen LogP contribution in [0.1, 0.15) is 12.5 Å². The number of thioether (sulfide) groups is 1. The molecule has 170 valence electrons. The molecule has 33 heavy (non-hydrogen) atoms. The number of rotatable bonds is 5. The number of amides is 1. The van der Waals surface area contributed by atoms with E-state index in [-0.39, 0.29) is 37.3 Å². The summed E-state index contributed by atoms with van der Waals surface area (Å²) < 4.78 is 53.7. The van der Waals surface area contributed by atoms with E-state index in [4.69, 9.17) is 9.59 Å². The van der Waals surface area contributed by atoms with E-state index >= 15 is 0 Å². The highest BCUT2D eigenvalue weighted by molar-refractivity contribution is 8.42. The molecule has 0 saturated heterocycles. The minimum Gasteiger partial charge on any atom is -0.379 e. The topological polar surface area (TPSA) is 146 Å². The van der Waals surface area contributed by atoms with Gasteiger partial charge in [-0.3, -0.25) is 10.2 Å². The van der Waals surface area contributed by atoms with E-state index in [1.807, 2.05) is 0 Å². The smallest absolute Gasteiger partial charge is 0.339 e. The average molecular weight is 505 g/mol. The number of carbonyl (C=O) groups excluding carboxylic acids is 1. The van der Waals surface area contributed by atoms with Gasteiger partial charge in [0, 0.05) is 0 Å².